The Morgan fingerprint density at radius 3 is 0.892 bits per heavy atom. The second kappa shape index (κ2) is 22.8. The SMILES string of the molecule is F[P-](F)(F)(F)(F)F.F[P-](F)(F)(F)(F)F.[Cl][Pt+].[Ru+2].[c-]1ccccc1-c1cnc(-c2ccccn2)c(-c2ccccn2)n1.c1ccc(-c2ccccn2)nc1.c1ccc(-c2ccccn2)nc1. The van der Waals surface area contributed by atoms with Gasteiger partial charge in [-0.2, -0.15) is 0 Å². The van der Waals surface area contributed by atoms with Crippen LogP contribution in [-0.4, -0.2) is 39.9 Å². The van der Waals surface area contributed by atoms with Crippen molar-refractivity contribution in [2.24, 2.45) is 0 Å². The Labute approximate surface area is 391 Å². The summed E-state index contributed by atoms with van der Waals surface area (Å²) in [5, 5.41) is 0. The average molecular weight is 1240 g/mol. The van der Waals surface area contributed by atoms with Crippen LogP contribution in [-0.2, 0) is 38.3 Å². The summed E-state index contributed by atoms with van der Waals surface area (Å²) in [5.74, 6) is 0. The maximum absolute atomic E-state index is 10.7. The van der Waals surface area contributed by atoms with Crippen molar-refractivity contribution in [3.63, 3.8) is 0 Å². The number of hydrogen-bond donors (Lipinski definition) is 0. The fourth-order valence-electron chi connectivity index (χ4n) is 4.50. The van der Waals surface area contributed by atoms with E-state index in [1.165, 1.54) is 0 Å². The van der Waals surface area contributed by atoms with E-state index in [0.717, 1.165) is 45.4 Å². The van der Waals surface area contributed by atoms with Gasteiger partial charge in [0.25, 0.3) is 0 Å². The van der Waals surface area contributed by atoms with Gasteiger partial charge in [-0.3, -0.25) is 39.9 Å². The standard InChI is InChI=1S/C20H13N4.2C10H8N2.ClH.2F6P.Pt.Ru/c1-2-8-15(9-3-1)18-14-23-19(16-10-4-6-12-21-16)20(24-18)17-11-5-7-13-22-17;2*1-3-7-11-9(5-1)10-6-2-4-8-12-10;;2*1-7(2,3,4,5)6;;/h1-8,10-14H;2*1-8H;1H;;;;/q-1;;;;2*-1;2*+2/p-1. The summed E-state index contributed by atoms with van der Waals surface area (Å²) >= 11 is 1.61. The Kier molecular flexibility index (Phi) is 19.6. The molecule has 0 aliphatic carbocycles. The molecule has 7 heterocycles. The monoisotopic (exact) mass is 1240 g/mol. The molecule has 0 aliphatic rings. The van der Waals surface area contributed by atoms with Crippen LogP contribution >= 0.6 is 25.0 Å². The second-order valence-corrected chi connectivity index (χ2v) is 15.8. The van der Waals surface area contributed by atoms with E-state index in [-0.39, 0.29) is 19.5 Å². The van der Waals surface area contributed by atoms with Gasteiger partial charge in [-0.1, -0.05) is 36.4 Å². The molecule has 0 amide bonds. The quantitative estimate of drug-likeness (QED) is 0.0727. The third kappa shape index (κ3) is 27.0. The number of halogens is 13. The van der Waals surface area contributed by atoms with Crippen LogP contribution in [0.25, 0.3) is 56.8 Å². The van der Waals surface area contributed by atoms with Crippen LogP contribution in [0.3, 0.4) is 0 Å². The van der Waals surface area contributed by atoms with Crippen molar-refractivity contribution in [1.29, 1.82) is 0 Å². The molecule has 0 unspecified atom stereocenters. The van der Waals surface area contributed by atoms with Gasteiger partial charge >= 0.3 is 114 Å². The number of aromatic nitrogens is 8. The van der Waals surface area contributed by atoms with Crippen LogP contribution in [0.5, 0.6) is 0 Å². The van der Waals surface area contributed by atoms with Gasteiger partial charge in [-0.15, -0.1) is 35.9 Å². The zero-order valence-electron chi connectivity index (χ0n) is 32.3. The van der Waals surface area contributed by atoms with Gasteiger partial charge in [0.15, 0.2) is 0 Å². The first-order valence-corrected chi connectivity index (χ1v) is 24.2. The van der Waals surface area contributed by atoms with Gasteiger partial charge in [-0.25, -0.2) is 0 Å². The van der Waals surface area contributed by atoms with Gasteiger partial charge in [0.1, 0.15) is 11.4 Å². The summed E-state index contributed by atoms with van der Waals surface area (Å²) < 4.78 is 118. The van der Waals surface area contributed by atoms with Crippen LogP contribution < -0.4 is 0 Å². The zero-order valence-corrected chi connectivity index (χ0v) is 38.9. The third-order valence-corrected chi connectivity index (χ3v) is 6.76. The van der Waals surface area contributed by atoms with Gasteiger partial charge in [0, 0.05) is 49.1 Å². The Morgan fingerprint density at radius 1 is 0.354 bits per heavy atom. The molecule has 8 aromatic rings. The maximum Gasteiger partial charge on any atom is 2.00 e. The molecule has 65 heavy (non-hydrogen) atoms. The van der Waals surface area contributed by atoms with Crippen LogP contribution in [0.4, 0.5) is 50.4 Å². The summed E-state index contributed by atoms with van der Waals surface area (Å²) in [6.07, 6.45) is 12.3. The molecule has 348 valence electrons. The van der Waals surface area contributed by atoms with Gasteiger partial charge in [0.05, 0.1) is 34.2 Å². The zero-order chi connectivity index (χ0) is 47.5. The summed E-state index contributed by atoms with van der Waals surface area (Å²) in [6.45, 7) is 0. The fourth-order valence-corrected chi connectivity index (χ4v) is 4.50. The molecule has 25 heteroatoms. The Morgan fingerprint density at radius 2 is 0.631 bits per heavy atom. The van der Waals surface area contributed by atoms with Crippen molar-refractivity contribution in [2.45, 2.75) is 0 Å². The maximum atomic E-state index is 9.87. The Hall–Kier alpha value is -5.18. The first-order valence-electron chi connectivity index (χ1n) is 17.3. The van der Waals surface area contributed by atoms with E-state index in [4.69, 9.17) is 4.98 Å². The molecule has 0 bridgehead atoms. The average Bonchev–Trinajstić information content (AvgIpc) is 3.27. The summed E-state index contributed by atoms with van der Waals surface area (Å²) in [4.78, 5) is 35.0. The van der Waals surface area contributed by atoms with Crippen molar-refractivity contribution in [1.82, 2.24) is 39.9 Å². The van der Waals surface area contributed by atoms with Gasteiger partial charge in [-0.05, 0) is 72.8 Å². The number of hydrogen-bond acceptors (Lipinski definition) is 8. The molecular formula is C40H29ClF12N8P2PtRu. The normalized spacial score (nSPS) is 12.5. The molecule has 8 nitrogen and oxygen atoms in total. The van der Waals surface area contributed by atoms with Crippen LogP contribution in [0, 0.1) is 6.07 Å². The molecule has 0 saturated carbocycles. The van der Waals surface area contributed by atoms with Crippen LogP contribution in [0.1, 0.15) is 0 Å². The molecule has 0 aliphatic heterocycles. The van der Waals surface area contributed by atoms with Crippen molar-refractivity contribution >= 4 is 25.0 Å². The van der Waals surface area contributed by atoms with E-state index in [0.29, 0.717) is 11.4 Å². The molecule has 0 radical (unpaired) electrons. The second-order valence-electron chi connectivity index (χ2n) is 11.9. The number of benzene rings is 1. The van der Waals surface area contributed by atoms with Crippen molar-refractivity contribution < 1.29 is 88.6 Å². The van der Waals surface area contributed by atoms with Gasteiger partial charge < -0.3 is 0 Å². The Balaban J connectivity index is 0.000000302. The summed E-state index contributed by atoms with van der Waals surface area (Å²) in [6, 6.07) is 45.6. The minimum atomic E-state index is -10.7. The topological polar surface area (TPSA) is 103 Å². The van der Waals surface area contributed by atoms with Crippen molar-refractivity contribution in [3.8, 4) is 56.8 Å². The molecule has 8 rings (SSSR count). The smallest absolute Gasteiger partial charge is 0.291 e. The molecule has 0 fully saturated rings. The minimum Gasteiger partial charge on any atom is -0.291 e. The molecule has 1 aromatic carbocycles. The largest absolute Gasteiger partial charge is 2.00 e. The van der Waals surface area contributed by atoms with E-state index in [1.54, 1.807) is 62.2 Å². The van der Waals surface area contributed by atoms with Crippen molar-refractivity contribution in [3.05, 3.63) is 183 Å². The molecule has 0 saturated heterocycles. The molecule has 7 aromatic heterocycles. The first-order chi connectivity index (χ1) is 29.7. The van der Waals surface area contributed by atoms with Gasteiger partial charge in [0.2, 0.25) is 0 Å². The predicted octanol–water partition coefficient (Wildman–Crippen LogP) is 15.8. The van der Waals surface area contributed by atoms with E-state index in [9.17, 15) is 50.4 Å². The molecular weight excluding hydrogens is 1210 g/mol. The molecule has 0 N–H and O–H groups in total. The summed E-state index contributed by atoms with van der Waals surface area (Å²) in [5.41, 5.74) is 8.29. The minimum absolute atomic E-state index is 0. The fraction of sp³-hybridized carbons (Fsp3) is 0. The van der Waals surface area contributed by atoms with E-state index < -0.39 is 15.6 Å². The molecule has 0 spiro atoms. The van der Waals surface area contributed by atoms with Crippen LogP contribution in [0.2, 0.25) is 0 Å². The number of nitrogens with zero attached hydrogens (tertiary/aromatic N) is 8. The number of pyridine rings is 6. The molecule has 0 atom stereocenters. The van der Waals surface area contributed by atoms with E-state index >= 15 is 0 Å². The Bertz CT molecular complexity index is 2400. The first kappa shape index (κ1) is 56.0. The summed E-state index contributed by atoms with van der Waals surface area (Å²) in [7, 11) is -16.7. The van der Waals surface area contributed by atoms with Crippen molar-refractivity contribution in [2.75, 3.05) is 0 Å². The third-order valence-electron chi connectivity index (χ3n) is 6.76. The van der Waals surface area contributed by atoms with E-state index in [2.05, 4.69) is 50.4 Å². The number of rotatable bonds is 5. The van der Waals surface area contributed by atoms with E-state index in [1.807, 2.05) is 133 Å². The predicted molar refractivity (Wildman–Crippen MR) is 221 cm³/mol. The van der Waals surface area contributed by atoms with Crippen LogP contribution in [0.15, 0.2) is 177 Å².